The van der Waals surface area contributed by atoms with Crippen molar-refractivity contribution in [3.8, 4) is 40.3 Å². The number of ether oxygens (including phenoxy) is 2. The molecule has 0 saturated carbocycles. The van der Waals surface area contributed by atoms with Gasteiger partial charge >= 0.3 is 0 Å². The fraction of sp³-hybridized carbons (Fsp3) is 0.200. The number of rotatable bonds is 28. The molecular weight excluding hydrogens is 1210 g/mol. The second-order valence-electron chi connectivity index (χ2n) is 20.7. The third-order valence-electron chi connectivity index (χ3n) is 14.0. The van der Waals surface area contributed by atoms with Crippen molar-refractivity contribution in [1.29, 1.82) is 5.26 Å². The molecule has 0 fully saturated rings. The zero-order valence-electron chi connectivity index (χ0n) is 50.7. The van der Waals surface area contributed by atoms with Crippen LogP contribution in [0.15, 0.2) is 140 Å². The van der Waals surface area contributed by atoms with Crippen LogP contribution >= 0.6 is 0 Å². The number of pyridine rings is 4. The van der Waals surface area contributed by atoms with Crippen LogP contribution in [-0.2, 0) is 56.0 Å². The average molecular weight is 1280 g/mol. The number of carbonyl (C=O) groups is 11. The lowest BCUT2D eigenvalue weighted by atomic mass is 9.89. The number of aromatic nitrogens is 4. The fourth-order valence-electron chi connectivity index (χ4n) is 9.50. The first-order valence-corrected chi connectivity index (χ1v) is 28.8. The summed E-state index contributed by atoms with van der Waals surface area (Å²) in [6.07, 6.45) is 5.36. The van der Waals surface area contributed by atoms with E-state index >= 15 is 0 Å². The smallest absolute Gasteiger partial charge is 0.253 e. The molecule has 8 rings (SSSR count). The molecule has 29 nitrogen and oxygen atoms in total. The van der Waals surface area contributed by atoms with Crippen LogP contribution in [0.2, 0.25) is 0 Å². The third-order valence-corrected chi connectivity index (χ3v) is 14.0. The van der Waals surface area contributed by atoms with Crippen LogP contribution in [0.3, 0.4) is 0 Å². The van der Waals surface area contributed by atoms with Crippen LogP contribution in [0.25, 0.3) is 44.3 Å². The van der Waals surface area contributed by atoms with Gasteiger partial charge in [-0.05, 0) is 82.6 Å². The van der Waals surface area contributed by atoms with Crippen molar-refractivity contribution in [2.75, 3.05) is 64.1 Å². The summed E-state index contributed by atoms with van der Waals surface area (Å²) in [4.78, 5) is 157. The van der Waals surface area contributed by atoms with Gasteiger partial charge in [-0.15, -0.1) is 0 Å². The van der Waals surface area contributed by atoms with Crippen molar-refractivity contribution in [2.24, 2.45) is 5.73 Å². The standard InChI is InChI=1S/C65H62N16O13/c1-36(82)78-53(24-46-42-8-4-6-10-44(42)47(25-66)45-11-7-5-9-43(45)46)65(92)77-35-61(88)80-41-16-20-50(71-29-41)48-17-13-38(26-68-48)62(89)76-33-59(86)73-31-57(84)72-32-58(85)74-34-60(87)79-40-15-19-51(70-28-40)49-18-14-39(27-69-49)63(90)81-52(64(91)75-30-56(67)83)22-37-12-21-54(93-2)55(23-37)94-3/h4-21,23,26-29,52-53H,22,24,30-35H2,1-3H3,(H2,67,83)(H,72,84)(H,73,86)(H,74,85)(H,75,91)(H,76,89)(H,77,92)(H,78,82)(H,79,87)(H,80,88)(H,81,90)/t52-,53-/m0/s1. The molecule has 94 heavy (non-hydrogen) atoms. The lowest BCUT2D eigenvalue weighted by molar-refractivity contribution is -0.129. The molecule has 0 aliphatic carbocycles. The van der Waals surface area contributed by atoms with Gasteiger partial charge < -0.3 is 68.4 Å². The van der Waals surface area contributed by atoms with Gasteiger partial charge in [-0.2, -0.15) is 5.26 Å². The molecule has 0 spiro atoms. The molecule has 0 unspecified atom stereocenters. The normalized spacial score (nSPS) is 11.3. The number of methoxy groups -OCH3 is 2. The molecule has 0 aliphatic rings. The van der Waals surface area contributed by atoms with Gasteiger partial charge in [-0.1, -0.05) is 54.6 Å². The maximum atomic E-state index is 13.5. The lowest BCUT2D eigenvalue weighted by Crippen LogP contribution is -2.49. The molecule has 4 heterocycles. The van der Waals surface area contributed by atoms with Crippen molar-refractivity contribution >= 4 is 97.9 Å². The van der Waals surface area contributed by atoms with E-state index in [1.54, 1.807) is 36.4 Å². The maximum absolute atomic E-state index is 13.5. The van der Waals surface area contributed by atoms with Crippen LogP contribution in [-0.4, -0.2) is 150 Å². The number of nitrogens with zero attached hydrogens (tertiary/aromatic N) is 5. The molecule has 4 aromatic heterocycles. The zero-order valence-corrected chi connectivity index (χ0v) is 50.7. The van der Waals surface area contributed by atoms with E-state index in [4.69, 9.17) is 15.2 Å². The highest BCUT2D eigenvalue weighted by Crippen LogP contribution is 2.34. The number of primary amides is 1. The Morgan fingerprint density at radius 1 is 0.468 bits per heavy atom. The molecule has 0 bridgehead atoms. The molecule has 2 atom stereocenters. The second kappa shape index (κ2) is 32.1. The highest BCUT2D eigenvalue weighted by atomic mass is 16.5. The molecular formula is C65H62N16O13. The Labute approximate surface area is 535 Å². The zero-order chi connectivity index (χ0) is 67.3. The molecule has 11 amide bonds. The number of amides is 11. The summed E-state index contributed by atoms with van der Waals surface area (Å²) in [5.41, 5.74) is 9.35. The summed E-state index contributed by atoms with van der Waals surface area (Å²) in [6.45, 7) is -1.63. The number of hydrogen-bond acceptors (Lipinski definition) is 18. The molecule has 0 aliphatic heterocycles. The molecule has 4 aromatic carbocycles. The lowest BCUT2D eigenvalue weighted by Gasteiger charge is -2.20. The highest BCUT2D eigenvalue weighted by molar-refractivity contribution is 6.08. The number of nitrogens with one attached hydrogen (secondary N) is 10. The molecule has 0 radical (unpaired) electrons. The van der Waals surface area contributed by atoms with Gasteiger partial charge in [0, 0.05) is 42.9 Å². The minimum atomic E-state index is -1.13. The predicted molar refractivity (Wildman–Crippen MR) is 341 cm³/mol. The van der Waals surface area contributed by atoms with Crippen molar-refractivity contribution in [1.82, 2.24) is 62.5 Å². The largest absolute Gasteiger partial charge is 0.493 e. The molecule has 480 valence electrons. The van der Waals surface area contributed by atoms with Gasteiger partial charge in [0.2, 0.25) is 53.2 Å². The third kappa shape index (κ3) is 18.4. The summed E-state index contributed by atoms with van der Waals surface area (Å²) < 4.78 is 10.6. The van der Waals surface area contributed by atoms with Gasteiger partial charge in [0.15, 0.2) is 11.5 Å². The number of nitriles is 1. The van der Waals surface area contributed by atoms with Crippen molar-refractivity contribution < 1.29 is 62.2 Å². The molecule has 12 N–H and O–H groups in total. The predicted octanol–water partition coefficient (Wildman–Crippen LogP) is 1.26. The quantitative estimate of drug-likeness (QED) is 0.0307. The maximum Gasteiger partial charge on any atom is 0.253 e. The van der Waals surface area contributed by atoms with E-state index in [0.29, 0.717) is 61.9 Å². The van der Waals surface area contributed by atoms with Gasteiger partial charge in [-0.3, -0.25) is 72.7 Å². The summed E-state index contributed by atoms with van der Waals surface area (Å²) in [5, 5.41) is 38.0. The van der Waals surface area contributed by atoms with Crippen molar-refractivity contribution in [3.63, 3.8) is 0 Å². The minimum Gasteiger partial charge on any atom is -0.493 e. The molecule has 0 saturated heterocycles. The van der Waals surface area contributed by atoms with Crippen LogP contribution in [0, 0.1) is 11.3 Å². The Bertz CT molecular complexity index is 4180. The first kappa shape index (κ1) is 67.2. The number of benzene rings is 4. The summed E-state index contributed by atoms with van der Waals surface area (Å²) in [6, 6.07) is 32.0. The SMILES string of the molecule is COc1ccc(C[C@H](NC(=O)c2ccc(-c3ccc(NC(=O)CNC(=O)CNC(=O)CNC(=O)CNC(=O)c4ccc(-c5ccc(NC(=O)CNC(=O)[C@H](Cc6c7ccccc7c(C#N)c7ccccc67)NC(C)=O)cn5)nc4)cn3)nc2)C(=O)NCC(N)=O)cc1OC. The first-order valence-electron chi connectivity index (χ1n) is 28.8. The van der Waals surface area contributed by atoms with Crippen molar-refractivity contribution in [2.45, 2.75) is 31.8 Å². The Hall–Kier alpha value is -12.7. The minimum absolute atomic E-state index is 0.0224. The van der Waals surface area contributed by atoms with Crippen LogP contribution in [0.1, 0.15) is 44.3 Å². The molecule has 29 heteroatoms. The first-order chi connectivity index (χ1) is 45.3. The number of anilines is 2. The number of fused-ring (bicyclic) bond motifs is 2. The summed E-state index contributed by atoms with van der Waals surface area (Å²) >= 11 is 0. The van der Waals surface area contributed by atoms with Crippen LogP contribution in [0.5, 0.6) is 11.5 Å². The summed E-state index contributed by atoms with van der Waals surface area (Å²) in [7, 11) is 2.93. The fourth-order valence-corrected chi connectivity index (χ4v) is 9.50. The van der Waals surface area contributed by atoms with Gasteiger partial charge in [0.1, 0.15) is 18.2 Å². The Kier molecular flexibility index (Phi) is 23.0. The number of nitrogens with two attached hydrogens (primary N) is 1. The number of hydrogen-bond donors (Lipinski definition) is 11. The Morgan fingerprint density at radius 3 is 1.35 bits per heavy atom. The monoisotopic (exact) mass is 1270 g/mol. The second-order valence-corrected chi connectivity index (χ2v) is 20.7. The van der Waals surface area contributed by atoms with Gasteiger partial charge in [0.05, 0.1) is 117 Å². The van der Waals surface area contributed by atoms with E-state index in [0.717, 1.165) is 16.3 Å². The van der Waals surface area contributed by atoms with Gasteiger partial charge in [0.25, 0.3) is 11.8 Å². The van der Waals surface area contributed by atoms with E-state index in [1.807, 2.05) is 48.5 Å². The van der Waals surface area contributed by atoms with Crippen molar-refractivity contribution in [3.05, 3.63) is 168 Å². The number of carbonyl (C=O) groups excluding carboxylic acids is 11. The highest BCUT2D eigenvalue weighted by Gasteiger charge is 2.26. The van der Waals surface area contributed by atoms with Crippen LogP contribution in [0.4, 0.5) is 11.4 Å². The average Bonchev–Trinajstić information content (AvgIpc) is 0.756. The molecule has 8 aromatic rings. The summed E-state index contributed by atoms with van der Waals surface area (Å²) in [5.74, 6) is -6.26. The van der Waals surface area contributed by atoms with E-state index in [1.165, 1.54) is 76.3 Å². The Balaban J connectivity index is 0.705. The van der Waals surface area contributed by atoms with E-state index in [9.17, 15) is 58.0 Å². The topological polar surface area (TPSA) is 428 Å². The van der Waals surface area contributed by atoms with E-state index in [2.05, 4.69) is 79.2 Å². The van der Waals surface area contributed by atoms with E-state index < -0.39 is 116 Å². The van der Waals surface area contributed by atoms with Crippen LogP contribution < -0.4 is 68.4 Å². The van der Waals surface area contributed by atoms with Gasteiger partial charge in [-0.25, -0.2) is 0 Å². The van der Waals surface area contributed by atoms with E-state index in [-0.39, 0.29) is 29.7 Å². The Morgan fingerprint density at radius 2 is 0.904 bits per heavy atom.